The van der Waals surface area contributed by atoms with Crippen molar-refractivity contribution >= 4 is 5.91 Å². The normalized spacial score (nSPS) is 26.1. The predicted octanol–water partition coefficient (Wildman–Crippen LogP) is 0.816. The molecule has 4 nitrogen and oxygen atoms in total. The monoisotopic (exact) mass is 233 g/mol. The largest absolute Gasteiger partial charge is 0.294 e. The fourth-order valence-corrected chi connectivity index (χ4v) is 2.75. The number of nitrogens with two attached hydrogens (primary N) is 1. The summed E-state index contributed by atoms with van der Waals surface area (Å²) in [7, 11) is 0. The molecular formula is C13H19N3O. The Bertz CT molecular complexity index is 456. The summed E-state index contributed by atoms with van der Waals surface area (Å²) in [6, 6.07) is 7.99. The summed E-state index contributed by atoms with van der Waals surface area (Å²) in [6.07, 6.45) is 0.899. The van der Waals surface area contributed by atoms with E-state index in [1.165, 1.54) is 5.56 Å². The number of hydrogen-bond acceptors (Lipinski definition) is 3. The average molecular weight is 233 g/mol. The van der Waals surface area contributed by atoms with Crippen molar-refractivity contribution in [2.45, 2.75) is 38.3 Å². The van der Waals surface area contributed by atoms with Crippen molar-refractivity contribution in [2.75, 3.05) is 0 Å². The number of carbonyl (C=O) groups is 1. The maximum absolute atomic E-state index is 12.0. The van der Waals surface area contributed by atoms with Crippen LogP contribution in [0, 0.1) is 0 Å². The van der Waals surface area contributed by atoms with Gasteiger partial charge in [0.1, 0.15) is 5.54 Å². The molecule has 0 fully saturated rings. The molecule has 1 aromatic carbocycles. The molecule has 1 atom stereocenters. The Morgan fingerprint density at radius 1 is 1.35 bits per heavy atom. The van der Waals surface area contributed by atoms with Gasteiger partial charge in [0, 0.05) is 5.54 Å². The maximum atomic E-state index is 12.0. The molecule has 1 aliphatic heterocycles. The number of hydrazine groups is 1. The van der Waals surface area contributed by atoms with Gasteiger partial charge in [-0.3, -0.25) is 15.5 Å². The van der Waals surface area contributed by atoms with Crippen LogP contribution >= 0.6 is 0 Å². The topological polar surface area (TPSA) is 67.2 Å². The summed E-state index contributed by atoms with van der Waals surface area (Å²) in [4.78, 5) is 12.0. The third kappa shape index (κ3) is 1.94. The van der Waals surface area contributed by atoms with Crippen LogP contribution in [0.3, 0.4) is 0 Å². The Labute approximate surface area is 102 Å². The molecule has 0 aliphatic carbocycles. The first-order valence-corrected chi connectivity index (χ1v) is 5.78. The number of rotatable bonds is 1. The highest BCUT2D eigenvalue weighted by atomic mass is 16.2. The fraction of sp³-hybridized carbons (Fsp3) is 0.462. The van der Waals surface area contributed by atoms with E-state index in [2.05, 4.69) is 30.7 Å². The van der Waals surface area contributed by atoms with Crippen LogP contribution in [0.2, 0.25) is 0 Å². The van der Waals surface area contributed by atoms with Crippen LogP contribution in [-0.4, -0.2) is 11.4 Å². The van der Waals surface area contributed by atoms with E-state index >= 15 is 0 Å². The van der Waals surface area contributed by atoms with Crippen LogP contribution in [0.5, 0.6) is 0 Å². The lowest BCUT2D eigenvalue weighted by atomic mass is 9.76. The number of hydrogen-bond donors (Lipinski definition) is 3. The molecule has 1 aromatic rings. The Morgan fingerprint density at radius 2 is 2.00 bits per heavy atom. The lowest BCUT2D eigenvalue weighted by molar-refractivity contribution is -0.128. The van der Waals surface area contributed by atoms with Crippen LogP contribution in [0.1, 0.15) is 31.9 Å². The van der Waals surface area contributed by atoms with E-state index in [0.29, 0.717) is 0 Å². The minimum Gasteiger partial charge on any atom is -0.294 e. The lowest BCUT2D eigenvalue weighted by Crippen LogP contribution is -2.63. The van der Waals surface area contributed by atoms with Gasteiger partial charge in [-0.25, -0.2) is 5.84 Å². The van der Waals surface area contributed by atoms with Gasteiger partial charge in [-0.15, -0.1) is 0 Å². The fourth-order valence-electron chi connectivity index (χ4n) is 2.75. The van der Waals surface area contributed by atoms with Crippen molar-refractivity contribution in [2.24, 2.45) is 5.84 Å². The quantitative estimate of drug-likeness (QED) is 0.382. The number of benzene rings is 1. The molecule has 2 rings (SSSR count). The van der Waals surface area contributed by atoms with E-state index in [1.807, 2.05) is 25.1 Å². The highest BCUT2D eigenvalue weighted by Crippen LogP contribution is 2.34. The molecule has 17 heavy (non-hydrogen) atoms. The first-order chi connectivity index (χ1) is 7.89. The first-order valence-electron chi connectivity index (χ1n) is 5.78. The van der Waals surface area contributed by atoms with E-state index < -0.39 is 5.54 Å². The van der Waals surface area contributed by atoms with Gasteiger partial charge in [0.05, 0.1) is 0 Å². The van der Waals surface area contributed by atoms with Crippen LogP contribution < -0.4 is 16.6 Å². The van der Waals surface area contributed by atoms with Crippen molar-refractivity contribution < 1.29 is 4.79 Å². The summed E-state index contributed by atoms with van der Waals surface area (Å²) in [6.45, 7) is 6.05. The SMILES string of the molecule is CC1(C)Cc2ccccc2[C@](C)(C(=O)NN)N1. The predicted molar refractivity (Wildman–Crippen MR) is 67.0 cm³/mol. The third-order valence-corrected chi connectivity index (χ3v) is 3.36. The second-order valence-corrected chi connectivity index (χ2v) is 5.44. The lowest BCUT2D eigenvalue weighted by Gasteiger charge is -2.44. The van der Waals surface area contributed by atoms with Crippen LogP contribution in [0.15, 0.2) is 24.3 Å². The second-order valence-electron chi connectivity index (χ2n) is 5.44. The molecular weight excluding hydrogens is 214 g/mol. The summed E-state index contributed by atoms with van der Waals surface area (Å²) < 4.78 is 0. The summed E-state index contributed by atoms with van der Waals surface area (Å²) in [5.41, 5.74) is 3.55. The minimum atomic E-state index is -0.771. The standard InChI is InChI=1S/C13H19N3O/c1-12(2)8-9-6-4-5-7-10(9)13(3,16-12)11(17)15-14/h4-7,16H,8,14H2,1-3H3,(H,15,17)/t13-/m1/s1. The molecule has 4 N–H and O–H groups in total. The van der Waals surface area contributed by atoms with Gasteiger partial charge in [0.25, 0.3) is 5.91 Å². The van der Waals surface area contributed by atoms with Gasteiger partial charge in [-0.2, -0.15) is 0 Å². The molecule has 1 heterocycles. The molecule has 4 heteroatoms. The number of nitrogens with one attached hydrogen (secondary N) is 2. The molecule has 1 amide bonds. The van der Waals surface area contributed by atoms with Crippen molar-refractivity contribution in [3.8, 4) is 0 Å². The zero-order valence-electron chi connectivity index (χ0n) is 10.5. The molecule has 1 aliphatic rings. The zero-order valence-corrected chi connectivity index (χ0v) is 10.5. The van der Waals surface area contributed by atoms with E-state index in [-0.39, 0.29) is 11.4 Å². The van der Waals surface area contributed by atoms with Gasteiger partial charge >= 0.3 is 0 Å². The molecule has 0 bridgehead atoms. The zero-order chi connectivity index (χ0) is 12.7. The van der Waals surface area contributed by atoms with Crippen molar-refractivity contribution in [1.82, 2.24) is 10.7 Å². The van der Waals surface area contributed by atoms with Crippen molar-refractivity contribution in [1.29, 1.82) is 0 Å². The molecule has 0 saturated carbocycles. The van der Waals surface area contributed by atoms with E-state index in [4.69, 9.17) is 5.84 Å². The van der Waals surface area contributed by atoms with Gasteiger partial charge in [-0.1, -0.05) is 24.3 Å². The minimum absolute atomic E-state index is 0.129. The van der Waals surface area contributed by atoms with Crippen molar-refractivity contribution in [3.05, 3.63) is 35.4 Å². The summed E-state index contributed by atoms with van der Waals surface area (Å²) >= 11 is 0. The molecule has 0 saturated heterocycles. The maximum Gasteiger partial charge on any atom is 0.258 e. The Kier molecular flexibility index (Phi) is 2.72. The number of carbonyl (C=O) groups excluding carboxylic acids is 1. The van der Waals surface area contributed by atoms with Gasteiger partial charge in [0.15, 0.2) is 0 Å². The molecule has 0 aromatic heterocycles. The van der Waals surface area contributed by atoms with E-state index in [0.717, 1.165) is 12.0 Å². The summed E-state index contributed by atoms with van der Waals surface area (Å²) in [5.74, 6) is 5.08. The highest BCUT2D eigenvalue weighted by Gasteiger charge is 2.44. The summed E-state index contributed by atoms with van der Waals surface area (Å²) in [5, 5.41) is 3.38. The number of amides is 1. The first kappa shape index (κ1) is 12.1. The van der Waals surface area contributed by atoms with Crippen LogP contribution in [-0.2, 0) is 16.8 Å². The van der Waals surface area contributed by atoms with Gasteiger partial charge in [-0.05, 0) is 38.3 Å². The van der Waals surface area contributed by atoms with Crippen LogP contribution in [0.25, 0.3) is 0 Å². The highest BCUT2D eigenvalue weighted by molar-refractivity contribution is 5.87. The molecule has 0 unspecified atom stereocenters. The molecule has 0 spiro atoms. The Hall–Kier alpha value is -1.39. The van der Waals surface area contributed by atoms with Gasteiger partial charge in [0.2, 0.25) is 0 Å². The van der Waals surface area contributed by atoms with Gasteiger partial charge < -0.3 is 0 Å². The van der Waals surface area contributed by atoms with E-state index in [9.17, 15) is 4.79 Å². The Balaban J connectivity index is 2.57. The van der Waals surface area contributed by atoms with Crippen molar-refractivity contribution in [3.63, 3.8) is 0 Å². The smallest absolute Gasteiger partial charge is 0.258 e. The van der Waals surface area contributed by atoms with Crippen LogP contribution in [0.4, 0.5) is 0 Å². The molecule has 92 valence electrons. The average Bonchev–Trinajstić information content (AvgIpc) is 2.26. The number of fused-ring (bicyclic) bond motifs is 1. The van der Waals surface area contributed by atoms with E-state index in [1.54, 1.807) is 0 Å². The third-order valence-electron chi connectivity index (χ3n) is 3.36. The second kappa shape index (κ2) is 3.82. The Morgan fingerprint density at radius 3 is 2.65 bits per heavy atom. The molecule has 0 radical (unpaired) electrons.